The molecule has 1 aliphatic rings. The number of aromatic hydroxyl groups is 1. The van der Waals surface area contributed by atoms with E-state index in [4.69, 9.17) is 4.74 Å². The Kier molecular flexibility index (Phi) is 5.36. The Hall–Kier alpha value is -3.00. The van der Waals surface area contributed by atoms with Crippen LogP contribution in [-0.4, -0.2) is 34.5 Å². The number of nitrogens with one attached hydrogen (secondary N) is 1. The van der Waals surface area contributed by atoms with Crippen molar-refractivity contribution in [2.75, 3.05) is 17.3 Å². The third-order valence-electron chi connectivity index (χ3n) is 4.04. The summed E-state index contributed by atoms with van der Waals surface area (Å²) in [7, 11) is 1.45. The number of carbonyl (C=O) groups is 3. The zero-order valence-corrected chi connectivity index (χ0v) is 15.6. The van der Waals surface area contributed by atoms with Crippen LogP contribution >= 0.6 is 11.8 Å². The van der Waals surface area contributed by atoms with Gasteiger partial charge in [0.15, 0.2) is 0 Å². The fourth-order valence-corrected chi connectivity index (χ4v) is 3.72. The van der Waals surface area contributed by atoms with Crippen LogP contribution in [0.3, 0.4) is 0 Å². The van der Waals surface area contributed by atoms with Gasteiger partial charge in [0.1, 0.15) is 16.7 Å². The van der Waals surface area contributed by atoms with Crippen LogP contribution in [0.4, 0.5) is 16.2 Å². The summed E-state index contributed by atoms with van der Waals surface area (Å²) in [4.78, 5) is 38.4. The second-order valence-electron chi connectivity index (χ2n) is 5.99. The van der Waals surface area contributed by atoms with Gasteiger partial charge in [0.2, 0.25) is 11.8 Å². The highest BCUT2D eigenvalue weighted by Gasteiger charge is 2.42. The lowest BCUT2D eigenvalue weighted by atomic mass is 10.2. The minimum atomic E-state index is -0.839. The average molecular weight is 386 g/mol. The fraction of sp³-hybridized carbons (Fsp3) is 0.211. The number of methoxy groups -OCH3 is 1. The number of rotatable bonds is 5. The number of aryl methyl sites for hydroxylation is 1. The Morgan fingerprint density at radius 2 is 2.00 bits per heavy atom. The van der Waals surface area contributed by atoms with Gasteiger partial charge in [0.25, 0.3) is 5.24 Å². The minimum absolute atomic E-state index is 0.0638. The molecule has 0 spiro atoms. The molecule has 1 atom stereocenters. The Labute approximate surface area is 160 Å². The summed E-state index contributed by atoms with van der Waals surface area (Å²) >= 11 is 0.801. The summed E-state index contributed by atoms with van der Waals surface area (Å²) in [5, 5.41) is 11.1. The number of ether oxygens (including phenoxy) is 1. The molecule has 1 heterocycles. The first-order valence-corrected chi connectivity index (χ1v) is 9.05. The van der Waals surface area contributed by atoms with Gasteiger partial charge in [-0.1, -0.05) is 18.2 Å². The smallest absolute Gasteiger partial charge is 0.293 e. The average Bonchev–Trinajstić information content (AvgIpc) is 2.91. The molecule has 2 aromatic carbocycles. The molecule has 0 saturated carbocycles. The summed E-state index contributed by atoms with van der Waals surface area (Å²) in [6.07, 6.45) is -0.186. The van der Waals surface area contributed by atoms with Gasteiger partial charge in [-0.15, -0.1) is 0 Å². The molecule has 2 N–H and O–H groups in total. The number of benzene rings is 2. The van der Waals surface area contributed by atoms with Crippen molar-refractivity contribution in [1.82, 2.24) is 0 Å². The molecular formula is C19H18N2O5S. The van der Waals surface area contributed by atoms with Crippen LogP contribution in [-0.2, 0) is 9.59 Å². The monoisotopic (exact) mass is 386 g/mol. The van der Waals surface area contributed by atoms with Crippen LogP contribution in [0.25, 0.3) is 0 Å². The van der Waals surface area contributed by atoms with E-state index in [1.807, 2.05) is 6.92 Å². The Balaban J connectivity index is 1.73. The molecule has 7 nitrogen and oxygen atoms in total. The van der Waals surface area contributed by atoms with Gasteiger partial charge in [0, 0.05) is 6.42 Å². The largest absolute Gasteiger partial charge is 0.506 e. The fourth-order valence-electron chi connectivity index (χ4n) is 2.74. The van der Waals surface area contributed by atoms with Crippen LogP contribution in [0, 0.1) is 6.92 Å². The number of carbonyl (C=O) groups excluding carboxylic acids is 3. The van der Waals surface area contributed by atoms with E-state index >= 15 is 0 Å². The maximum absolute atomic E-state index is 12.7. The van der Waals surface area contributed by atoms with Crippen molar-refractivity contribution in [2.45, 2.75) is 18.6 Å². The molecule has 0 aliphatic carbocycles. The molecular weight excluding hydrogens is 368 g/mol. The quantitative estimate of drug-likeness (QED) is 0.766. The molecule has 1 aliphatic heterocycles. The molecule has 1 fully saturated rings. The van der Waals surface area contributed by atoms with Gasteiger partial charge in [-0.05, 0) is 48.5 Å². The van der Waals surface area contributed by atoms with E-state index < -0.39 is 22.3 Å². The lowest BCUT2D eigenvalue weighted by Gasteiger charge is -2.17. The number of nitrogens with zero attached hydrogens (tertiary/aromatic N) is 1. The molecule has 3 rings (SSSR count). The first-order valence-electron chi connectivity index (χ1n) is 8.17. The van der Waals surface area contributed by atoms with Crippen molar-refractivity contribution in [3.63, 3.8) is 0 Å². The lowest BCUT2D eigenvalue weighted by molar-refractivity contribution is -0.121. The molecule has 140 valence electrons. The predicted molar refractivity (Wildman–Crippen MR) is 103 cm³/mol. The topological polar surface area (TPSA) is 95.9 Å². The lowest BCUT2D eigenvalue weighted by Crippen LogP contribution is -2.33. The number of hydrogen-bond acceptors (Lipinski definition) is 6. The highest BCUT2D eigenvalue weighted by Crippen LogP contribution is 2.38. The van der Waals surface area contributed by atoms with E-state index in [2.05, 4.69) is 5.32 Å². The van der Waals surface area contributed by atoms with Gasteiger partial charge < -0.3 is 15.2 Å². The maximum Gasteiger partial charge on any atom is 0.293 e. The number of hydrogen-bond donors (Lipinski definition) is 2. The number of para-hydroxylation sites is 2. The predicted octanol–water partition coefficient (Wildman–Crippen LogP) is 3.31. The SMILES string of the molecule is COc1ccccc1N1C(=O)SC(CC(=O)Nc2cc(C)ccc2O)C1=O. The Morgan fingerprint density at radius 3 is 2.74 bits per heavy atom. The van der Waals surface area contributed by atoms with Crippen molar-refractivity contribution in [3.8, 4) is 11.5 Å². The summed E-state index contributed by atoms with van der Waals surface area (Å²) in [5.41, 5.74) is 1.48. The standard InChI is InChI=1S/C19H18N2O5S/c1-11-7-8-14(22)12(9-11)20-17(23)10-16-18(24)21(19(25)27-16)13-5-3-4-6-15(13)26-2/h3-9,16,22H,10H2,1-2H3,(H,20,23). The minimum Gasteiger partial charge on any atom is -0.506 e. The van der Waals surface area contributed by atoms with E-state index in [1.165, 1.54) is 13.2 Å². The summed E-state index contributed by atoms with van der Waals surface area (Å²) in [6, 6.07) is 11.5. The number of thioether (sulfide) groups is 1. The third kappa shape index (κ3) is 3.90. The van der Waals surface area contributed by atoms with Gasteiger partial charge in [-0.2, -0.15) is 0 Å². The number of anilines is 2. The first kappa shape index (κ1) is 18.8. The molecule has 0 radical (unpaired) electrons. The summed E-state index contributed by atoms with van der Waals surface area (Å²) in [5.74, 6) is -0.602. The van der Waals surface area contributed by atoms with E-state index in [-0.39, 0.29) is 17.9 Å². The summed E-state index contributed by atoms with van der Waals surface area (Å²) in [6.45, 7) is 1.83. The van der Waals surface area contributed by atoms with Crippen LogP contribution in [0.2, 0.25) is 0 Å². The van der Waals surface area contributed by atoms with Crippen molar-refractivity contribution >= 4 is 40.2 Å². The van der Waals surface area contributed by atoms with Gasteiger partial charge in [-0.3, -0.25) is 14.4 Å². The molecule has 8 heteroatoms. The zero-order valence-electron chi connectivity index (χ0n) is 14.8. The molecule has 1 saturated heterocycles. The number of phenols is 1. The zero-order chi connectivity index (χ0) is 19.6. The van der Waals surface area contributed by atoms with Crippen LogP contribution in [0.5, 0.6) is 11.5 Å². The van der Waals surface area contributed by atoms with E-state index in [1.54, 1.807) is 36.4 Å². The van der Waals surface area contributed by atoms with Gasteiger partial charge >= 0.3 is 0 Å². The Bertz CT molecular complexity index is 915. The molecule has 0 bridgehead atoms. The van der Waals surface area contributed by atoms with Gasteiger partial charge in [-0.25, -0.2) is 4.90 Å². The van der Waals surface area contributed by atoms with E-state index in [9.17, 15) is 19.5 Å². The number of amides is 3. The normalized spacial score (nSPS) is 16.5. The molecule has 2 aromatic rings. The first-order chi connectivity index (χ1) is 12.9. The number of imide groups is 1. The van der Waals surface area contributed by atoms with Gasteiger partial charge in [0.05, 0.1) is 18.5 Å². The highest BCUT2D eigenvalue weighted by atomic mass is 32.2. The van der Waals surface area contributed by atoms with Crippen LogP contribution < -0.4 is 15.0 Å². The highest BCUT2D eigenvalue weighted by molar-refractivity contribution is 8.15. The van der Waals surface area contributed by atoms with Crippen molar-refractivity contribution in [2.24, 2.45) is 0 Å². The van der Waals surface area contributed by atoms with Crippen molar-refractivity contribution < 1.29 is 24.2 Å². The molecule has 1 unspecified atom stereocenters. The second kappa shape index (κ2) is 7.71. The summed E-state index contributed by atoms with van der Waals surface area (Å²) < 4.78 is 5.21. The van der Waals surface area contributed by atoms with Crippen molar-refractivity contribution in [3.05, 3.63) is 48.0 Å². The van der Waals surface area contributed by atoms with E-state index in [0.717, 1.165) is 22.2 Å². The van der Waals surface area contributed by atoms with Crippen LogP contribution in [0.15, 0.2) is 42.5 Å². The second-order valence-corrected chi connectivity index (χ2v) is 7.14. The molecule has 0 aromatic heterocycles. The Morgan fingerprint density at radius 1 is 1.26 bits per heavy atom. The number of phenolic OH excluding ortho intramolecular Hbond substituents is 1. The maximum atomic E-state index is 12.7. The van der Waals surface area contributed by atoms with Crippen LogP contribution in [0.1, 0.15) is 12.0 Å². The van der Waals surface area contributed by atoms with E-state index in [0.29, 0.717) is 11.4 Å². The molecule has 27 heavy (non-hydrogen) atoms. The third-order valence-corrected chi connectivity index (χ3v) is 5.08. The molecule has 3 amide bonds. The van der Waals surface area contributed by atoms with Crippen molar-refractivity contribution in [1.29, 1.82) is 0 Å².